The van der Waals surface area contributed by atoms with Crippen molar-refractivity contribution in [2.24, 2.45) is 0 Å². The fraction of sp³-hybridized carbons (Fsp3) is 0.200. The van der Waals surface area contributed by atoms with Crippen molar-refractivity contribution in [2.45, 2.75) is 0 Å². The molecular formula is C10H11N3O2S. The van der Waals surface area contributed by atoms with Crippen molar-refractivity contribution in [3.8, 4) is 11.5 Å². The van der Waals surface area contributed by atoms with Gasteiger partial charge in [0.2, 0.25) is 0 Å². The van der Waals surface area contributed by atoms with E-state index in [-0.39, 0.29) is 5.91 Å². The van der Waals surface area contributed by atoms with Gasteiger partial charge in [0.15, 0.2) is 11.5 Å². The third-order valence-electron chi connectivity index (χ3n) is 1.99. The third-order valence-corrected chi connectivity index (χ3v) is 2.22. The van der Waals surface area contributed by atoms with Gasteiger partial charge >= 0.3 is 0 Å². The Balaban J connectivity index is 2.11. The highest BCUT2D eigenvalue weighted by atomic mass is 32.1. The largest absolute Gasteiger partial charge is 0.463 e. The number of aromatic nitrogens is 2. The highest BCUT2D eigenvalue weighted by Gasteiger charge is 2.11. The van der Waals surface area contributed by atoms with E-state index in [9.17, 15) is 4.79 Å². The molecule has 2 aromatic heterocycles. The van der Waals surface area contributed by atoms with E-state index >= 15 is 0 Å². The van der Waals surface area contributed by atoms with Gasteiger partial charge < -0.3 is 9.73 Å². The van der Waals surface area contributed by atoms with Crippen molar-refractivity contribution in [2.75, 3.05) is 12.3 Å². The van der Waals surface area contributed by atoms with Crippen LogP contribution in [0.1, 0.15) is 10.5 Å². The smallest absolute Gasteiger partial charge is 0.271 e. The molecule has 2 heterocycles. The van der Waals surface area contributed by atoms with E-state index in [1.54, 1.807) is 24.5 Å². The summed E-state index contributed by atoms with van der Waals surface area (Å²) < 4.78 is 5.18. The van der Waals surface area contributed by atoms with Crippen LogP contribution in [-0.4, -0.2) is 28.4 Å². The number of aromatic amines is 1. The lowest BCUT2D eigenvalue weighted by molar-refractivity contribution is 0.0951. The number of rotatable bonds is 4. The average Bonchev–Trinajstić information content (AvgIpc) is 2.94. The molecule has 84 valence electrons. The Labute approximate surface area is 97.6 Å². The van der Waals surface area contributed by atoms with Crippen LogP contribution in [0.3, 0.4) is 0 Å². The maximum absolute atomic E-state index is 11.5. The number of H-pyrrole nitrogens is 1. The fourth-order valence-electron chi connectivity index (χ4n) is 1.26. The number of nitrogens with zero attached hydrogens (tertiary/aromatic N) is 1. The minimum atomic E-state index is -0.219. The first-order valence-corrected chi connectivity index (χ1v) is 5.43. The molecule has 1 amide bonds. The number of furan rings is 1. The first-order valence-electron chi connectivity index (χ1n) is 4.79. The second-order valence-corrected chi connectivity index (χ2v) is 3.57. The second-order valence-electron chi connectivity index (χ2n) is 3.12. The molecule has 0 aliphatic heterocycles. The van der Waals surface area contributed by atoms with Gasteiger partial charge in [-0.25, -0.2) is 0 Å². The van der Waals surface area contributed by atoms with E-state index in [0.29, 0.717) is 29.4 Å². The first kappa shape index (κ1) is 10.8. The summed E-state index contributed by atoms with van der Waals surface area (Å²) in [5.74, 6) is 1.03. The van der Waals surface area contributed by atoms with E-state index in [0.717, 1.165) is 0 Å². The zero-order valence-electron chi connectivity index (χ0n) is 8.43. The van der Waals surface area contributed by atoms with Gasteiger partial charge in [-0.15, -0.1) is 0 Å². The van der Waals surface area contributed by atoms with Gasteiger partial charge in [0.1, 0.15) is 5.69 Å². The Bertz CT molecular complexity index is 464. The van der Waals surface area contributed by atoms with Gasteiger partial charge in [0.25, 0.3) is 5.91 Å². The molecule has 0 unspecified atom stereocenters. The third kappa shape index (κ3) is 2.27. The number of carbonyl (C=O) groups is 1. The van der Waals surface area contributed by atoms with Crippen LogP contribution in [0.4, 0.5) is 0 Å². The van der Waals surface area contributed by atoms with Crippen LogP contribution in [-0.2, 0) is 0 Å². The SMILES string of the molecule is O=C(NCCS)c1cc(-c2ccco2)[nH]n1. The number of amides is 1. The standard InChI is InChI=1S/C10H11N3O2S/c14-10(11-3-5-16)8-6-7(12-13-8)9-2-1-4-15-9/h1-2,4,6,16H,3,5H2,(H,11,14)(H,12,13). The number of hydrogen-bond acceptors (Lipinski definition) is 4. The molecule has 0 aliphatic rings. The Morgan fingerprint density at radius 2 is 2.50 bits per heavy atom. The van der Waals surface area contributed by atoms with Gasteiger partial charge in [-0.05, 0) is 12.1 Å². The molecule has 0 atom stereocenters. The van der Waals surface area contributed by atoms with Crippen molar-refractivity contribution in [1.29, 1.82) is 0 Å². The summed E-state index contributed by atoms with van der Waals surface area (Å²) in [5.41, 5.74) is 1.02. The van der Waals surface area contributed by atoms with Gasteiger partial charge in [-0.1, -0.05) is 0 Å². The molecule has 0 spiro atoms. The van der Waals surface area contributed by atoms with Gasteiger partial charge in [0, 0.05) is 18.4 Å². The summed E-state index contributed by atoms with van der Waals surface area (Å²) in [6.45, 7) is 0.519. The van der Waals surface area contributed by atoms with Crippen LogP contribution in [0.2, 0.25) is 0 Å². The molecule has 0 bridgehead atoms. The molecule has 2 rings (SSSR count). The van der Waals surface area contributed by atoms with E-state index in [4.69, 9.17) is 4.42 Å². The Morgan fingerprint density at radius 3 is 3.19 bits per heavy atom. The van der Waals surface area contributed by atoms with Crippen molar-refractivity contribution in [3.63, 3.8) is 0 Å². The number of carbonyl (C=O) groups excluding carboxylic acids is 1. The van der Waals surface area contributed by atoms with E-state index < -0.39 is 0 Å². The second kappa shape index (κ2) is 4.89. The highest BCUT2D eigenvalue weighted by molar-refractivity contribution is 7.80. The summed E-state index contributed by atoms with van der Waals surface area (Å²) >= 11 is 4.00. The lowest BCUT2D eigenvalue weighted by Crippen LogP contribution is -2.25. The molecule has 0 aromatic carbocycles. The summed E-state index contributed by atoms with van der Waals surface area (Å²) in [5, 5.41) is 9.32. The van der Waals surface area contributed by atoms with Crippen LogP contribution in [0, 0.1) is 0 Å². The lowest BCUT2D eigenvalue weighted by atomic mass is 10.3. The topological polar surface area (TPSA) is 70.9 Å². The summed E-state index contributed by atoms with van der Waals surface area (Å²) in [6, 6.07) is 5.21. The number of thiol groups is 1. The highest BCUT2D eigenvalue weighted by Crippen LogP contribution is 2.17. The van der Waals surface area contributed by atoms with Crippen LogP contribution < -0.4 is 5.32 Å². The normalized spacial score (nSPS) is 10.3. The molecule has 5 nitrogen and oxygen atoms in total. The van der Waals surface area contributed by atoms with Crippen LogP contribution >= 0.6 is 12.6 Å². The number of hydrogen-bond donors (Lipinski definition) is 3. The number of nitrogens with one attached hydrogen (secondary N) is 2. The van der Waals surface area contributed by atoms with Crippen LogP contribution in [0.15, 0.2) is 28.9 Å². The Morgan fingerprint density at radius 1 is 1.62 bits per heavy atom. The summed E-state index contributed by atoms with van der Waals surface area (Å²) in [4.78, 5) is 11.5. The lowest BCUT2D eigenvalue weighted by Gasteiger charge is -1.97. The van der Waals surface area contributed by atoms with Gasteiger partial charge in [-0.2, -0.15) is 17.7 Å². The van der Waals surface area contributed by atoms with Gasteiger partial charge in [0.05, 0.1) is 6.26 Å². The molecule has 0 fully saturated rings. The zero-order valence-corrected chi connectivity index (χ0v) is 9.33. The zero-order chi connectivity index (χ0) is 11.4. The van der Waals surface area contributed by atoms with E-state index in [1.165, 1.54) is 0 Å². The summed E-state index contributed by atoms with van der Waals surface area (Å²) in [7, 11) is 0. The predicted molar refractivity (Wildman–Crippen MR) is 62.5 cm³/mol. The predicted octanol–water partition coefficient (Wildman–Crippen LogP) is 1.33. The van der Waals surface area contributed by atoms with Crippen molar-refractivity contribution < 1.29 is 9.21 Å². The maximum Gasteiger partial charge on any atom is 0.271 e. The minimum Gasteiger partial charge on any atom is -0.463 e. The molecule has 0 aliphatic carbocycles. The molecule has 2 aromatic rings. The van der Waals surface area contributed by atoms with Crippen molar-refractivity contribution in [3.05, 3.63) is 30.2 Å². The van der Waals surface area contributed by atoms with E-state index in [1.807, 2.05) is 0 Å². The average molecular weight is 237 g/mol. The first-order chi connectivity index (χ1) is 7.81. The maximum atomic E-state index is 11.5. The Kier molecular flexibility index (Phi) is 3.31. The molecule has 0 saturated carbocycles. The molecule has 0 saturated heterocycles. The Hall–Kier alpha value is -1.69. The van der Waals surface area contributed by atoms with Crippen LogP contribution in [0.25, 0.3) is 11.5 Å². The van der Waals surface area contributed by atoms with E-state index in [2.05, 4.69) is 28.1 Å². The fourth-order valence-corrected chi connectivity index (χ4v) is 1.37. The monoisotopic (exact) mass is 237 g/mol. The van der Waals surface area contributed by atoms with Gasteiger partial charge in [-0.3, -0.25) is 9.89 Å². The van der Waals surface area contributed by atoms with Crippen molar-refractivity contribution in [1.82, 2.24) is 15.5 Å². The quantitative estimate of drug-likeness (QED) is 0.702. The molecule has 0 radical (unpaired) electrons. The molecule has 16 heavy (non-hydrogen) atoms. The molecule has 6 heteroatoms. The molecule has 2 N–H and O–H groups in total. The van der Waals surface area contributed by atoms with Crippen molar-refractivity contribution >= 4 is 18.5 Å². The van der Waals surface area contributed by atoms with Crippen LogP contribution in [0.5, 0.6) is 0 Å². The minimum absolute atomic E-state index is 0.219. The summed E-state index contributed by atoms with van der Waals surface area (Å²) in [6.07, 6.45) is 1.57. The molecular weight excluding hydrogens is 226 g/mol.